The van der Waals surface area contributed by atoms with Crippen LogP contribution in [0.2, 0.25) is 0 Å². The number of aromatic carboxylic acids is 1. The summed E-state index contributed by atoms with van der Waals surface area (Å²) in [6.45, 7) is 6.08. The molecule has 0 saturated heterocycles. The Morgan fingerprint density at radius 3 is 2.26 bits per heavy atom. The molecular weight excluding hydrogens is 521 g/mol. The van der Waals surface area contributed by atoms with Gasteiger partial charge in [0.2, 0.25) is 13.3 Å². The third-order valence-electron chi connectivity index (χ3n) is 7.91. The largest absolute Gasteiger partial charge is 0.477 e. The van der Waals surface area contributed by atoms with Crippen LogP contribution < -0.4 is 4.90 Å². The normalized spacial score (nSPS) is 25.5. The highest BCUT2D eigenvalue weighted by molar-refractivity contribution is 7.57. The van der Waals surface area contributed by atoms with E-state index in [2.05, 4.69) is 6.92 Å². The molecule has 7 nitrogen and oxygen atoms in total. The highest BCUT2D eigenvalue weighted by Crippen LogP contribution is 2.47. The molecule has 9 heteroatoms. The van der Waals surface area contributed by atoms with Gasteiger partial charge in [-0.2, -0.15) is 0 Å². The number of aliphatic hydroxyl groups is 1. The molecule has 2 fully saturated rings. The number of nitrogens with zero attached hydrogens (tertiary/aromatic N) is 1. The van der Waals surface area contributed by atoms with Gasteiger partial charge in [0.05, 0.1) is 18.4 Å². The number of rotatable bonds is 9. The molecule has 1 heterocycles. The van der Waals surface area contributed by atoms with Gasteiger partial charge in [0.25, 0.3) is 0 Å². The fourth-order valence-corrected chi connectivity index (χ4v) is 8.30. The van der Waals surface area contributed by atoms with Crippen LogP contribution in [0.3, 0.4) is 0 Å². The molecule has 0 bridgehead atoms. The van der Waals surface area contributed by atoms with Crippen molar-refractivity contribution in [3.05, 3.63) is 40.8 Å². The van der Waals surface area contributed by atoms with Crippen molar-refractivity contribution in [3.63, 3.8) is 0 Å². The fourth-order valence-electron chi connectivity index (χ4n) is 5.80. The summed E-state index contributed by atoms with van der Waals surface area (Å²) in [7, 11) is -2.72. The topological polar surface area (TPSA) is 104 Å². The molecule has 1 atom stereocenters. The van der Waals surface area contributed by atoms with Crippen LogP contribution in [0.4, 0.5) is 5.69 Å². The molecule has 1 amide bonds. The number of aliphatic hydroxyl groups excluding tert-OH is 1. The van der Waals surface area contributed by atoms with Crippen LogP contribution in [0.1, 0.15) is 80.4 Å². The van der Waals surface area contributed by atoms with Crippen LogP contribution in [-0.2, 0) is 20.0 Å². The Morgan fingerprint density at radius 1 is 1.05 bits per heavy atom. The minimum Gasteiger partial charge on any atom is -0.477 e. The zero-order valence-electron chi connectivity index (χ0n) is 22.6. The number of hydrogen-bond acceptors (Lipinski definition) is 6. The summed E-state index contributed by atoms with van der Waals surface area (Å²) in [5, 5.41) is 20.2. The van der Waals surface area contributed by atoms with Crippen LogP contribution in [-0.4, -0.2) is 47.5 Å². The van der Waals surface area contributed by atoms with Gasteiger partial charge >= 0.3 is 5.97 Å². The SMILES string of the molecule is CCOP(C)(=O)Cc1ccc(-c2cc(N(C(=O)[C@H]3CC[C@H](C)CC3)[C@H]3CC[C@H](O)CC3)c(C(=O)O)s2)cc1. The van der Waals surface area contributed by atoms with Crippen molar-refractivity contribution in [1.82, 2.24) is 0 Å². The maximum Gasteiger partial charge on any atom is 0.348 e. The molecule has 38 heavy (non-hydrogen) atoms. The smallest absolute Gasteiger partial charge is 0.348 e. The summed E-state index contributed by atoms with van der Waals surface area (Å²) in [4.78, 5) is 29.1. The van der Waals surface area contributed by atoms with Crippen LogP contribution in [0.25, 0.3) is 10.4 Å². The second-order valence-electron chi connectivity index (χ2n) is 11.0. The minimum atomic E-state index is -2.72. The maximum absolute atomic E-state index is 14.0. The number of anilines is 1. The van der Waals surface area contributed by atoms with Gasteiger partial charge in [-0.25, -0.2) is 4.79 Å². The van der Waals surface area contributed by atoms with E-state index in [1.807, 2.05) is 37.3 Å². The summed E-state index contributed by atoms with van der Waals surface area (Å²) in [5.41, 5.74) is 2.22. The van der Waals surface area contributed by atoms with Gasteiger partial charge < -0.3 is 19.6 Å². The van der Waals surface area contributed by atoms with E-state index in [1.54, 1.807) is 11.6 Å². The van der Waals surface area contributed by atoms with E-state index >= 15 is 0 Å². The molecule has 0 aliphatic heterocycles. The van der Waals surface area contributed by atoms with Crippen molar-refractivity contribution in [2.24, 2.45) is 11.8 Å². The number of carboxylic acids is 1. The average molecular weight is 562 g/mol. The zero-order chi connectivity index (χ0) is 27.4. The lowest BCUT2D eigenvalue weighted by atomic mass is 9.81. The Kier molecular flexibility index (Phi) is 9.51. The predicted molar refractivity (Wildman–Crippen MR) is 152 cm³/mol. The van der Waals surface area contributed by atoms with Gasteiger partial charge in [-0.3, -0.25) is 9.36 Å². The summed E-state index contributed by atoms with van der Waals surface area (Å²) in [6, 6.07) is 9.35. The summed E-state index contributed by atoms with van der Waals surface area (Å²) in [6.07, 6.45) is 6.19. The lowest BCUT2D eigenvalue weighted by molar-refractivity contribution is -0.124. The first-order valence-corrected chi connectivity index (χ1v) is 16.8. The summed E-state index contributed by atoms with van der Waals surface area (Å²) >= 11 is 1.18. The number of thiophene rings is 1. The number of carboxylic acid groups (broad SMARTS) is 1. The molecule has 0 spiro atoms. The molecule has 1 aromatic carbocycles. The molecular formula is C29H40NO6PS. The minimum absolute atomic E-state index is 0.0233. The standard InChI is InChI=1S/C29H40NO6PS/c1-4-36-37(3,35)18-20-7-11-21(12-8-20)26-17-25(27(38-26)29(33)34)30(23-13-15-24(31)16-14-23)28(32)22-9-5-19(2)6-10-22/h7-8,11-12,17,19,22-24,31H,4-6,9-10,13-16,18H2,1-3H3,(H,33,34)/t19-,22-,23-,24-,37?. The van der Waals surface area contributed by atoms with Gasteiger partial charge in [-0.05, 0) is 81.4 Å². The van der Waals surface area contributed by atoms with Gasteiger partial charge in [0.1, 0.15) is 4.88 Å². The number of hydrogen-bond donors (Lipinski definition) is 2. The van der Waals surface area contributed by atoms with Crippen molar-refractivity contribution in [3.8, 4) is 10.4 Å². The van der Waals surface area contributed by atoms with E-state index in [0.717, 1.165) is 41.7 Å². The number of carbonyl (C=O) groups is 2. The van der Waals surface area contributed by atoms with Crippen LogP contribution in [0.15, 0.2) is 30.3 Å². The summed E-state index contributed by atoms with van der Waals surface area (Å²) < 4.78 is 18.0. The molecule has 2 aromatic rings. The first kappa shape index (κ1) is 29.0. The van der Waals surface area contributed by atoms with E-state index in [1.165, 1.54) is 11.3 Å². The van der Waals surface area contributed by atoms with E-state index in [9.17, 15) is 24.4 Å². The van der Waals surface area contributed by atoms with Crippen molar-refractivity contribution >= 4 is 36.3 Å². The van der Waals surface area contributed by atoms with E-state index in [0.29, 0.717) is 50.1 Å². The zero-order valence-corrected chi connectivity index (χ0v) is 24.3. The van der Waals surface area contributed by atoms with E-state index in [-0.39, 0.29) is 28.8 Å². The second-order valence-corrected chi connectivity index (χ2v) is 14.7. The summed E-state index contributed by atoms with van der Waals surface area (Å²) in [5.74, 6) is -0.507. The quantitative estimate of drug-likeness (QED) is 0.319. The fraction of sp³-hybridized carbons (Fsp3) is 0.586. The van der Waals surface area contributed by atoms with Crippen LogP contribution >= 0.6 is 18.7 Å². The van der Waals surface area contributed by atoms with Gasteiger partial charge in [-0.1, -0.05) is 31.2 Å². The monoisotopic (exact) mass is 561 g/mol. The average Bonchev–Trinajstić information content (AvgIpc) is 3.31. The van der Waals surface area contributed by atoms with Crippen LogP contribution in [0.5, 0.6) is 0 Å². The highest BCUT2D eigenvalue weighted by Gasteiger charge is 2.37. The van der Waals surface area contributed by atoms with E-state index < -0.39 is 13.3 Å². The van der Waals surface area contributed by atoms with Crippen molar-refractivity contribution in [2.75, 3.05) is 18.2 Å². The Bertz CT molecular complexity index is 1160. The lowest BCUT2D eigenvalue weighted by Gasteiger charge is -2.38. The molecule has 208 valence electrons. The van der Waals surface area contributed by atoms with Crippen LogP contribution in [0, 0.1) is 11.8 Å². The first-order chi connectivity index (χ1) is 18.1. The molecule has 4 rings (SSSR count). The Balaban J connectivity index is 1.66. The Hall–Kier alpha value is -1.99. The maximum atomic E-state index is 14.0. The molecule has 1 aromatic heterocycles. The third-order valence-corrected chi connectivity index (χ3v) is 10.8. The van der Waals surface area contributed by atoms with Crippen molar-refractivity contribution in [1.29, 1.82) is 0 Å². The highest BCUT2D eigenvalue weighted by atomic mass is 32.1. The van der Waals surface area contributed by atoms with Crippen molar-refractivity contribution in [2.45, 2.75) is 83.5 Å². The molecule has 2 saturated carbocycles. The lowest BCUT2D eigenvalue weighted by Crippen LogP contribution is -2.47. The van der Waals surface area contributed by atoms with Gasteiger partial charge in [-0.15, -0.1) is 11.3 Å². The van der Waals surface area contributed by atoms with Crippen molar-refractivity contribution < 1.29 is 28.9 Å². The van der Waals surface area contributed by atoms with Gasteiger partial charge in [0, 0.05) is 29.7 Å². The first-order valence-electron chi connectivity index (χ1n) is 13.8. The molecule has 2 aliphatic rings. The number of benzene rings is 1. The van der Waals surface area contributed by atoms with E-state index in [4.69, 9.17) is 4.52 Å². The van der Waals surface area contributed by atoms with Gasteiger partial charge in [0.15, 0.2) is 0 Å². The third kappa shape index (κ3) is 6.95. The number of carbonyl (C=O) groups excluding carboxylic acids is 1. The molecule has 1 unspecified atom stereocenters. The number of amides is 1. The Labute approximate surface area is 229 Å². The Morgan fingerprint density at radius 2 is 1.68 bits per heavy atom. The second kappa shape index (κ2) is 12.5. The molecule has 2 N–H and O–H groups in total. The molecule has 0 radical (unpaired) electrons. The predicted octanol–water partition coefficient (Wildman–Crippen LogP) is 7.02. The molecule has 2 aliphatic carbocycles.